The Morgan fingerprint density at radius 2 is 1.90 bits per heavy atom. The topological polar surface area (TPSA) is 121 Å². The predicted octanol–water partition coefficient (Wildman–Crippen LogP) is 4.01. The lowest BCUT2D eigenvalue weighted by atomic mass is 9.96. The fraction of sp³-hybridized carbons (Fsp3) is 0.500. The molecule has 0 bridgehead atoms. The molecule has 4 heterocycles. The molecule has 0 aliphatic carbocycles. The van der Waals surface area contributed by atoms with Gasteiger partial charge >= 0.3 is 6.18 Å². The van der Waals surface area contributed by atoms with E-state index >= 15 is 4.39 Å². The average molecular weight is 568 g/mol. The normalized spacial score (nSPS) is 19.9. The molecular formula is C26H30F5N7O2. The number of nitrogens with one attached hydrogen (secondary N) is 2. The second-order valence-corrected chi connectivity index (χ2v) is 10.0. The molecule has 40 heavy (non-hydrogen) atoms. The molecule has 2 aliphatic heterocycles. The highest BCUT2D eigenvalue weighted by Gasteiger charge is 2.39. The van der Waals surface area contributed by atoms with Crippen molar-refractivity contribution in [1.29, 1.82) is 0 Å². The van der Waals surface area contributed by atoms with Gasteiger partial charge in [0.05, 0.1) is 17.4 Å². The van der Waals surface area contributed by atoms with Gasteiger partial charge in [0.2, 0.25) is 11.8 Å². The number of anilines is 3. The number of nitrogens with zero attached hydrogens (tertiary/aromatic N) is 4. The number of nitrogen functional groups attached to an aromatic ring is 1. The van der Waals surface area contributed by atoms with Crippen LogP contribution in [0.3, 0.4) is 0 Å². The lowest BCUT2D eigenvalue weighted by Crippen LogP contribution is -2.49. The highest BCUT2D eigenvalue weighted by molar-refractivity contribution is 5.97. The molecule has 1 aromatic carbocycles. The van der Waals surface area contributed by atoms with Gasteiger partial charge in [-0.15, -0.1) is 0 Å². The number of aliphatic hydroxyl groups excluding tert-OH is 1. The van der Waals surface area contributed by atoms with Gasteiger partial charge in [-0.05, 0) is 51.3 Å². The van der Waals surface area contributed by atoms with E-state index in [0.717, 1.165) is 19.4 Å². The van der Waals surface area contributed by atoms with Crippen LogP contribution >= 0.6 is 0 Å². The molecular weight excluding hydrogens is 537 g/mol. The first-order chi connectivity index (χ1) is 19.0. The third-order valence-corrected chi connectivity index (χ3v) is 7.30. The number of pyridine rings is 1. The average Bonchev–Trinajstić information content (AvgIpc) is 2.90. The Balaban J connectivity index is 1.82. The first-order valence-corrected chi connectivity index (χ1v) is 13.1. The van der Waals surface area contributed by atoms with Crippen LogP contribution in [0.25, 0.3) is 22.2 Å². The van der Waals surface area contributed by atoms with Gasteiger partial charge in [0.25, 0.3) is 0 Å². The summed E-state index contributed by atoms with van der Waals surface area (Å²) in [5.74, 6) is -2.17. The monoisotopic (exact) mass is 567 g/mol. The summed E-state index contributed by atoms with van der Waals surface area (Å²) in [4.78, 5) is 15.1. The van der Waals surface area contributed by atoms with Crippen LogP contribution < -0.4 is 26.0 Å². The third-order valence-electron chi connectivity index (χ3n) is 7.30. The maximum Gasteiger partial charge on any atom is 0.417 e. The van der Waals surface area contributed by atoms with Gasteiger partial charge < -0.3 is 31.1 Å². The number of alkyl halides is 3. The highest BCUT2D eigenvalue weighted by atomic mass is 19.4. The van der Waals surface area contributed by atoms with Crippen molar-refractivity contribution in [2.24, 2.45) is 0 Å². The number of rotatable bonds is 4. The molecule has 14 heteroatoms. The fourth-order valence-electron chi connectivity index (χ4n) is 5.12. The summed E-state index contributed by atoms with van der Waals surface area (Å²) in [7, 11) is 0. The first-order valence-electron chi connectivity index (χ1n) is 13.1. The minimum atomic E-state index is -5.03. The van der Waals surface area contributed by atoms with E-state index in [1.54, 1.807) is 11.8 Å². The second-order valence-electron chi connectivity index (χ2n) is 10.0. The van der Waals surface area contributed by atoms with E-state index in [-0.39, 0.29) is 41.2 Å². The first kappa shape index (κ1) is 28.0. The molecule has 1 fully saturated rings. The number of ether oxygens (including phenoxy) is 1. The van der Waals surface area contributed by atoms with E-state index in [1.807, 2.05) is 0 Å². The predicted molar refractivity (Wildman–Crippen MR) is 140 cm³/mol. The van der Waals surface area contributed by atoms with Crippen LogP contribution in [0.2, 0.25) is 0 Å². The number of nitrogens with two attached hydrogens (primary N) is 1. The summed E-state index contributed by atoms with van der Waals surface area (Å²) in [6, 6.07) is 0.664. The minimum absolute atomic E-state index is 0.0601. The Hall–Kier alpha value is -3.52. The summed E-state index contributed by atoms with van der Waals surface area (Å²) in [6.45, 7) is 4.77. The van der Waals surface area contributed by atoms with E-state index in [0.29, 0.717) is 39.0 Å². The number of halogens is 5. The fourth-order valence-corrected chi connectivity index (χ4v) is 5.12. The number of hydrogen-bond acceptors (Lipinski definition) is 9. The van der Waals surface area contributed by atoms with Crippen molar-refractivity contribution in [3.63, 3.8) is 0 Å². The standard InChI is InChI=1S/C26H30F5N7O2/c1-12-3-6-33-7-8-34-23-17-22(36-25(37-23)38-9-4-14(38)5-10-39)20(28)21(35-24(17)40-12)15-11-16(32)19(27)13(2)18(15)26(29,30)31/h11-12,14,33,39H,3-10,32H2,1-2H3,(H,34,36,37). The van der Waals surface area contributed by atoms with Crippen LogP contribution in [-0.4, -0.2) is 65.0 Å². The van der Waals surface area contributed by atoms with Crippen LogP contribution in [0.1, 0.15) is 37.3 Å². The Labute approximate surface area is 226 Å². The number of aliphatic hydroxyl groups is 1. The van der Waals surface area contributed by atoms with Crippen molar-refractivity contribution >= 4 is 28.4 Å². The quantitative estimate of drug-likeness (QED) is 0.274. The molecule has 2 aromatic heterocycles. The number of benzene rings is 1. The van der Waals surface area contributed by atoms with Crippen molar-refractivity contribution in [2.45, 2.75) is 51.4 Å². The van der Waals surface area contributed by atoms with Crippen LogP contribution in [0.15, 0.2) is 6.07 Å². The molecule has 0 amide bonds. The Morgan fingerprint density at radius 3 is 2.58 bits per heavy atom. The molecule has 0 saturated carbocycles. The molecule has 2 atom stereocenters. The summed E-state index contributed by atoms with van der Waals surface area (Å²) in [5, 5.41) is 15.9. The van der Waals surface area contributed by atoms with Gasteiger partial charge in [0.1, 0.15) is 28.2 Å². The molecule has 0 spiro atoms. The smallest absolute Gasteiger partial charge is 0.417 e. The van der Waals surface area contributed by atoms with E-state index in [1.165, 1.54) is 0 Å². The zero-order valence-electron chi connectivity index (χ0n) is 22.0. The second kappa shape index (κ2) is 10.8. The van der Waals surface area contributed by atoms with Crippen molar-refractivity contribution in [2.75, 3.05) is 48.7 Å². The Kier molecular flexibility index (Phi) is 7.57. The maximum atomic E-state index is 16.4. The van der Waals surface area contributed by atoms with Crippen molar-refractivity contribution in [1.82, 2.24) is 20.3 Å². The van der Waals surface area contributed by atoms with E-state index in [4.69, 9.17) is 10.5 Å². The van der Waals surface area contributed by atoms with Gasteiger partial charge in [0, 0.05) is 37.8 Å². The van der Waals surface area contributed by atoms with E-state index in [2.05, 4.69) is 25.6 Å². The SMILES string of the molecule is Cc1c(F)c(N)cc(-c2nc3c4c(nc(N5CCC5CCO)nc4c2F)NCCNCCC(C)O3)c1C(F)(F)F. The summed E-state index contributed by atoms with van der Waals surface area (Å²) < 4.78 is 79.6. The molecule has 5 rings (SSSR count). The summed E-state index contributed by atoms with van der Waals surface area (Å²) in [5.41, 5.74) is 1.25. The van der Waals surface area contributed by atoms with Gasteiger partial charge in [-0.1, -0.05) is 0 Å². The largest absolute Gasteiger partial charge is 0.474 e. The molecule has 3 aromatic rings. The molecule has 1 saturated heterocycles. The summed E-state index contributed by atoms with van der Waals surface area (Å²) >= 11 is 0. The van der Waals surface area contributed by atoms with Gasteiger partial charge in [-0.2, -0.15) is 18.2 Å². The van der Waals surface area contributed by atoms with Gasteiger partial charge in [0.15, 0.2) is 5.82 Å². The summed E-state index contributed by atoms with van der Waals surface area (Å²) in [6.07, 6.45) is -3.72. The minimum Gasteiger partial charge on any atom is -0.474 e. The van der Waals surface area contributed by atoms with Crippen LogP contribution in [-0.2, 0) is 6.18 Å². The van der Waals surface area contributed by atoms with E-state index in [9.17, 15) is 22.7 Å². The maximum absolute atomic E-state index is 16.4. The highest BCUT2D eigenvalue weighted by Crippen LogP contribution is 2.45. The zero-order chi connectivity index (χ0) is 28.8. The van der Waals surface area contributed by atoms with Crippen molar-refractivity contribution in [3.05, 3.63) is 28.8 Å². The van der Waals surface area contributed by atoms with E-state index < -0.39 is 52.0 Å². The molecule has 5 N–H and O–H groups in total. The molecule has 0 radical (unpaired) electrons. The number of hydrogen-bond donors (Lipinski definition) is 4. The third kappa shape index (κ3) is 5.05. The number of aromatic nitrogens is 3. The Morgan fingerprint density at radius 1 is 1.12 bits per heavy atom. The Bertz CT molecular complexity index is 1440. The van der Waals surface area contributed by atoms with Gasteiger partial charge in [-0.25, -0.2) is 18.7 Å². The molecule has 216 valence electrons. The van der Waals surface area contributed by atoms with Crippen LogP contribution in [0, 0.1) is 18.6 Å². The van der Waals surface area contributed by atoms with Gasteiger partial charge in [-0.3, -0.25) is 0 Å². The van der Waals surface area contributed by atoms with Crippen molar-refractivity contribution in [3.8, 4) is 17.1 Å². The molecule has 9 nitrogen and oxygen atoms in total. The zero-order valence-corrected chi connectivity index (χ0v) is 22.0. The van der Waals surface area contributed by atoms with Crippen LogP contribution in [0.4, 0.5) is 39.4 Å². The molecule has 2 aliphatic rings. The lowest BCUT2D eigenvalue weighted by Gasteiger charge is -2.41. The lowest BCUT2D eigenvalue weighted by molar-refractivity contribution is -0.137. The molecule has 2 unspecified atom stereocenters. The van der Waals surface area contributed by atoms with Crippen LogP contribution in [0.5, 0.6) is 5.88 Å². The van der Waals surface area contributed by atoms with Crippen molar-refractivity contribution < 1.29 is 31.8 Å².